The van der Waals surface area contributed by atoms with E-state index in [2.05, 4.69) is 11.8 Å². The van der Waals surface area contributed by atoms with Gasteiger partial charge in [-0.25, -0.2) is 0 Å². The number of carbonyl (C=O) groups excluding carboxylic acids is 1. The number of hydrogen-bond donors (Lipinski definition) is 2. The maximum Gasteiger partial charge on any atom is 0.220 e. The van der Waals surface area contributed by atoms with Gasteiger partial charge in [-0.1, -0.05) is 6.92 Å². The molecule has 0 bridgehead atoms. The summed E-state index contributed by atoms with van der Waals surface area (Å²) in [5, 5.41) is 9.74. The molecule has 3 atom stereocenters. The fourth-order valence-electron chi connectivity index (χ4n) is 2.06. The van der Waals surface area contributed by atoms with Crippen LogP contribution < -0.4 is 5.73 Å². The Labute approximate surface area is 103 Å². The molecular formula is C12H24N2O3. The Balaban J connectivity index is 2.26. The summed E-state index contributed by atoms with van der Waals surface area (Å²) in [6, 6.07) is 0.434. The van der Waals surface area contributed by atoms with Crippen LogP contribution in [0.2, 0.25) is 0 Å². The van der Waals surface area contributed by atoms with Gasteiger partial charge in [-0.05, 0) is 25.8 Å². The third-order valence-electron chi connectivity index (χ3n) is 3.44. The van der Waals surface area contributed by atoms with E-state index in [-0.39, 0.29) is 12.3 Å². The first-order chi connectivity index (χ1) is 8.00. The van der Waals surface area contributed by atoms with Gasteiger partial charge in [0.25, 0.3) is 0 Å². The lowest BCUT2D eigenvalue weighted by molar-refractivity contribution is -0.120. The first-order valence-electron chi connectivity index (χ1n) is 6.29. The number of rotatable bonds is 6. The molecule has 0 aromatic rings. The number of morpholine rings is 1. The van der Waals surface area contributed by atoms with Gasteiger partial charge in [0.15, 0.2) is 0 Å². The summed E-state index contributed by atoms with van der Waals surface area (Å²) in [6.07, 6.45) is 0.308. The van der Waals surface area contributed by atoms with Gasteiger partial charge in [-0.2, -0.15) is 0 Å². The van der Waals surface area contributed by atoms with Crippen LogP contribution >= 0.6 is 0 Å². The molecule has 1 saturated heterocycles. The molecule has 0 aliphatic carbocycles. The first kappa shape index (κ1) is 14.4. The third-order valence-corrected chi connectivity index (χ3v) is 3.44. The number of carbonyl (C=O) groups is 1. The Bertz CT molecular complexity index is 248. The van der Waals surface area contributed by atoms with Gasteiger partial charge < -0.3 is 15.6 Å². The lowest BCUT2D eigenvalue weighted by atomic mass is 9.97. The summed E-state index contributed by atoms with van der Waals surface area (Å²) in [5.41, 5.74) is 5.07. The maximum atomic E-state index is 10.7. The summed E-state index contributed by atoms with van der Waals surface area (Å²) >= 11 is 0. The van der Waals surface area contributed by atoms with Gasteiger partial charge >= 0.3 is 0 Å². The minimum absolute atomic E-state index is 0.0554. The second-order valence-electron chi connectivity index (χ2n) is 4.96. The highest BCUT2D eigenvalue weighted by Gasteiger charge is 2.21. The molecule has 5 heteroatoms. The van der Waals surface area contributed by atoms with E-state index in [1.807, 2.05) is 6.92 Å². The smallest absolute Gasteiger partial charge is 0.220 e. The van der Waals surface area contributed by atoms with Crippen LogP contribution in [0.3, 0.4) is 0 Å². The SMILES string of the molecule is C[C@H](CCN1CCOC[C@@H]1C)[C@@H](O)CC(N)=O. The molecule has 0 saturated carbocycles. The predicted octanol–water partition coefficient (Wildman–Crippen LogP) is -0.0304. The second kappa shape index (κ2) is 6.93. The van der Waals surface area contributed by atoms with Crippen LogP contribution in [-0.4, -0.2) is 54.4 Å². The number of nitrogens with zero attached hydrogens (tertiary/aromatic N) is 1. The van der Waals surface area contributed by atoms with Crippen LogP contribution in [0, 0.1) is 5.92 Å². The van der Waals surface area contributed by atoms with Crippen molar-refractivity contribution in [3.63, 3.8) is 0 Å². The molecule has 0 spiro atoms. The highest BCUT2D eigenvalue weighted by molar-refractivity contribution is 5.74. The quantitative estimate of drug-likeness (QED) is 0.688. The van der Waals surface area contributed by atoms with Gasteiger partial charge in [0.1, 0.15) is 0 Å². The average molecular weight is 244 g/mol. The number of primary amides is 1. The van der Waals surface area contributed by atoms with Crippen LogP contribution in [0.5, 0.6) is 0 Å². The number of ether oxygens (including phenoxy) is 1. The highest BCUT2D eigenvalue weighted by Crippen LogP contribution is 2.14. The Morgan fingerprint density at radius 2 is 2.35 bits per heavy atom. The molecule has 0 aromatic carbocycles. The van der Waals surface area contributed by atoms with E-state index in [0.29, 0.717) is 6.04 Å². The molecule has 0 radical (unpaired) electrons. The molecule has 1 heterocycles. The Morgan fingerprint density at radius 1 is 1.65 bits per heavy atom. The van der Waals surface area contributed by atoms with Crippen LogP contribution in [0.4, 0.5) is 0 Å². The van der Waals surface area contributed by atoms with Gasteiger partial charge in [-0.3, -0.25) is 9.69 Å². The maximum absolute atomic E-state index is 10.7. The largest absolute Gasteiger partial charge is 0.392 e. The van der Waals surface area contributed by atoms with Crippen LogP contribution in [0.1, 0.15) is 26.7 Å². The van der Waals surface area contributed by atoms with Crippen molar-refractivity contribution < 1.29 is 14.6 Å². The highest BCUT2D eigenvalue weighted by atomic mass is 16.5. The van der Waals surface area contributed by atoms with Gasteiger partial charge in [0.05, 0.1) is 25.7 Å². The molecule has 0 unspecified atom stereocenters. The summed E-state index contributed by atoms with van der Waals surface area (Å²) in [7, 11) is 0. The normalized spacial score (nSPS) is 25.5. The number of aliphatic hydroxyl groups is 1. The second-order valence-corrected chi connectivity index (χ2v) is 4.96. The number of amides is 1. The predicted molar refractivity (Wildman–Crippen MR) is 65.5 cm³/mol. The fourth-order valence-corrected chi connectivity index (χ4v) is 2.06. The zero-order valence-corrected chi connectivity index (χ0v) is 10.8. The Hall–Kier alpha value is -0.650. The van der Waals surface area contributed by atoms with E-state index in [4.69, 9.17) is 10.5 Å². The molecule has 1 fully saturated rings. The van der Waals surface area contributed by atoms with Gasteiger partial charge in [0, 0.05) is 12.6 Å². The van der Waals surface area contributed by atoms with E-state index in [1.54, 1.807) is 0 Å². The summed E-state index contributed by atoms with van der Waals surface area (Å²) in [6.45, 7) is 7.53. The topological polar surface area (TPSA) is 75.8 Å². The first-order valence-corrected chi connectivity index (χ1v) is 6.29. The van der Waals surface area contributed by atoms with Crippen molar-refractivity contribution in [3.8, 4) is 0 Å². The van der Waals surface area contributed by atoms with Crippen LogP contribution in [0.15, 0.2) is 0 Å². The number of nitrogens with two attached hydrogens (primary N) is 1. The van der Waals surface area contributed by atoms with Crippen LogP contribution in [-0.2, 0) is 9.53 Å². The van der Waals surface area contributed by atoms with Crippen LogP contribution in [0.25, 0.3) is 0 Å². The van der Waals surface area contributed by atoms with Crippen molar-refractivity contribution in [2.75, 3.05) is 26.3 Å². The van der Waals surface area contributed by atoms with Crippen molar-refractivity contribution >= 4 is 5.91 Å². The summed E-state index contributed by atoms with van der Waals surface area (Å²) in [5.74, 6) is -0.346. The van der Waals surface area contributed by atoms with E-state index >= 15 is 0 Å². The van der Waals surface area contributed by atoms with Crippen molar-refractivity contribution in [2.24, 2.45) is 11.7 Å². The van der Waals surface area contributed by atoms with E-state index in [0.717, 1.165) is 32.7 Å². The van der Waals surface area contributed by atoms with Crippen molar-refractivity contribution in [1.29, 1.82) is 0 Å². The molecular weight excluding hydrogens is 220 g/mol. The minimum Gasteiger partial charge on any atom is -0.392 e. The van der Waals surface area contributed by atoms with Crippen molar-refractivity contribution in [2.45, 2.75) is 38.8 Å². The third kappa shape index (κ3) is 5.02. The monoisotopic (exact) mass is 244 g/mol. The lowest BCUT2D eigenvalue weighted by Gasteiger charge is -2.34. The van der Waals surface area contributed by atoms with Crippen molar-refractivity contribution in [1.82, 2.24) is 4.90 Å². The molecule has 1 aliphatic rings. The average Bonchev–Trinajstić information content (AvgIpc) is 2.26. The van der Waals surface area contributed by atoms with Gasteiger partial charge in [-0.15, -0.1) is 0 Å². The zero-order chi connectivity index (χ0) is 12.8. The Kier molecular flexibility index (Phi) is 5.88. The minimum atomic E-state index is -0.621. The lowest BCUT2D eigenvalue weighted by Crippen LogP contribution is -2.44. The standard InChI is InChI=1S/C12H24N2O3/c1-9(11(15)7-12(13)16)3-4-14-5-6-17-8-10(14)2/h9-11,15H,3-8H2,1-2H3,(H2,13,16)/t9-,10+,11+/m1/s1. The van der Waals surface area contributed by atoms with E-state index in [1.165, 1.54) is 0 Å². The van der Waals surface area contributed by atoms with Crippen molar-refractivity contribution in [3.05, 3.63) is 0 Å². The zero-order valence-electron chi connectivity index (χ0n) is 10.8. The summed E-state index contributed by atoms with van der Waals surface area (Å²) in [4.78, 5) is 13.1. The molecule has 5 nitrogen and oxygen atoms in total. The Morgan fingerprint density at radius 3 is 2.94 bits per heavy atom. The van der Waals surface area contributed by atoms with E-state index in [9.17, 15) is 9.90 Å². The number of aliphatic hydroxyl groups excluding tert-OH is 1. The van der Waals surface area contributed by atoms with Gasteiger partial charge in [0.2, 0.25) is 5.91 Å². The molecule has 1 rings (SSSR count). The van der Waals surface area contributed by atoms with E-state index < -0.39 is 12.0 Å². The fraction of sp³-hybridized carbons (Fsp3) is 0.917. The molecule has 1 aliphatic heterocycles. The molecule has 0 aromatic heterocycles. The summed E-state index contributed by atoms with van der Waals surface area (Å²) < 4.78 is 5.37. The molecule has 17 heavy (non-hydrogen) atoms. The molecule has 1 amide bonds. The molecule has 3 N–H and O–H groups in total. The number of hydrogen-bond acceptors (Lipinski definition) is 4. The molecule has 100 valence electrons.